The van der Waals surface area contributed by atoms with Crippen LogP contribution in [0.2, 0.25) is 0 Å². The van der Waals surface area contributed by atoms with Crippen molar-refractivity contribution in [1.29, 1.82) is 0 Å². The number of hydrogen-bond donors (Lipinski definition) is 0. The van der Waals surface area contributed by atoms with Crippen molar-refractivity contribution in [2.75, 3.05) is 9.80 Å². The van der Waals surface area contributed by atoms with E-state index in [4.69, 9.17) is 8.83 Å². The average molecular weight is 881 g/mol. The van der Waals surface area contributed by atoms with Crippen LogP contribution < -0.4 is 9.80 Å². The van der Waals surface area contributed by atoms with Crippen molar-refractivity contribution < 1.29 is 8.83 Å². The summed E-state index contributed by atoms with van der Waals surface area (Å²) in [5, 5.41) is 8.83. The molecule has 0 aliphatic heterocycles. The van der Waals surface area contributed by atoms with E-state index in [-0.39, 0.29) is 0 Å². The van der Waals surface area contributed by atoms with Gasteiger partial charge in [0.15, 0.2) is 0 Å². The van der Waals surface area contributed by atoms with E-state index in [1.54, 1.807) is 0 Å². The number of aryl methyl sites for hydroxylation is 8. The summed E-state index contributed by atoms with van der Waals surface area (Å²) in [5.41, 5.74) is 22.2. The molecule has 0 amide bonds. The van der Waals surface area contributed by atoms with Crippen LogP contribution in [-0.2, 0) is 0 Å². The van der Waals surface area contributed by atoms with Crippen molar-refractivity contribution in [3.63, 3.8) is 0 Å². The van der Waals surface area contributed by atoms with Crippen LogP contribution in [-0.4, -0.2) is 0 Å². The Bertz CT molecular complexity index is 3680. The van der Waals surface area contributed by atoms with Crippen LogP contribution >= 0.6 is 0 Å². The van der Waals surface area contributed by atoms with Gasteiger partial charge in [0.2, 0.25) is 0 Å². The number of nitrogens with zero attached hydrogens (tertiary/aromatic N) is 2. The van der Waals surface area contributed by atoms with Crippen LogP contribution in [0.4, 0.5) is 34.1 Å². The number of rotatable bonds is 7. The molecule has 330 valence electrons. The molecule has 0 aliphatic rings. The summed E-state index contributed by atoms with van der Waals surface area (Å²) in [7, 11) is 0. The summed E-state index contributed by atoms with van der Waals surface area (Å²) >= 11 is 0. The second-order valence-corrected chi connectivity index (χ2v) is 19.1. The van der Waals surface area contributed by atoms with E-state index in [2.05, 4.69) is 235 Å². The molecule has 0 aliphatic carbocycles. The summed E-state index contributed by atoms with van der Waals surface area (Å²) < 4.78 is 14.1. The molecule has 0 N–H and O–H groups in total. The van der Waals surface area contributed by atoms with Gasteiger partial charge in [0.25, 0.3) is 0 Å². The van der Waals surface area contributed by atoms with Gasteiger partial charge >= 0.3 is 0 Å². The van der Waals surface area contributed by atoms with E-state index in [9.17, 15) is 0 Å². The minimum Gasteiger partial charge on any atom is -0.455 e. The first kappa shape index (κ1) is 41.4. The molecular weight excluding hydrogens is 829 g/mol. The van der Waals surface area contributed by atoms with E-state index in [0.29, 0.717) is 0 Å². The third-order valence-corrected chi connectivity index (χ3v) is 14.7. The van der Waals surface area contributed by atoms with Crippen LogP contribution in [0.3, 0.4) is 0 Å². The molecule has 4 heteroatoms. The van der Waals surface area contributed by atoms with E-state index < -0.39 is 0 Å². The summed E-state index contributed by atoms with van der Waals surface area (Å²) in [6.07, 6.45) is 0. The van der Waals surface area contributed by atoms with Crippen LogP contribution in [0.5, 0.6) is 0 Å². The molecule has 0 saturated heterocycles. The first-order valence-electron chi connectivity index (χ1n) is 23.6. The van der Waals surface area contributed by atoms with Crippen molar-refractivity contribution in [3.8, 4) is 11.1 Å². The fraction of sp³-hybridized carbons (Fsp3) is 0.125. The first-order chi connectivity index (χ1) is 32.9. The fourth-order valence-corrected chi connectivity index (χ4v) is 10.1. The highest BCUT2D eigenvalue weighted by molar-refractivity contribution is 6.24. The Hall–Kier alpha value is -8.08. The zero-order valence-corrected chi connectivity index (χ0v) is 39.9. The van der Waals surface area contributed by atoms with Crippen molar-refractivity contribution in [3.05, 3.63) is 214 Å². The summed E-state index contributed by atoms with van der Waals surface area (Å²) in [5.74, 6) is 0. The lowest BCUT2D eigenvalue weighted by atomic mass is 9.97. The highest BCUT2D eigenvalue weighted by atomic mass is 16.3. The Labute approximate surface area is 397 Å². The molecule has 12 rings (SSSR count). The van der Waals surface area contributed by atoms with Crippen LogP contribution in [0.25, 0.3) is 76.5 Å². The summed E-state index contributed by atoms with van der Waals surface area (Å²) in [6.45, 7) is 17.4. The van der Waals surface area contributed by atoms with Gasteiger partial charge in [-0.1, -0.05) is 66.7 Å². The molecule has 0 atom stereocenters. The highest BCUT2D eigenvalue weighted by Gasteiger charge is 2.23. The molecule has 0 unspecified atom stereocenters. The van der Waals surface area contributed by atoms with E-state index in [1.165, 1.54) is 44.5 Å². The minimum atomic E-state index is 0.824. The predicted octanol–water partition coefficient (Wildman–Crippen LogP) is 18.9. The van der Waals surface area contributed by atoms with Gasteiger partial charge in [0.05, 0.1) is 5.56 Å². The second kappa shape index (κ2) is 15.8. The Kier molecular flexibility index (Phi) is 9.60. The highest BCUT2D eigenvalue weighted by Crippen LogP contribution is 2.47. The van der Waals surface area contributed by atoms with Gasteiger partial charge in [0.1, 0.15) is 22.3 Å². The molecule has 12 aromatic rings. The number of fused-ring (bicyclic) bond motifs is 8. The molecule has 68 heavy (non-hydrogen) atoms. The molecule has 0 radical (unpaired) electrons. The van der Waals surface area contributed by atoms with Crippen molar-refractivity contribution in [1.82, 2.24) is 0 Å². The fourth-order valence-electron chi connectivity index (χ4n) is 10.1. The van der Waals surface area contributed by atoms with Crippen molar-refractivity contribution in [2.24, 2.45) is 0 Å². The second-order valence-electron chi connectivity index (χ2n) is 19.1. The molecule has 4 nitrogen and oxygen atoms in total. The maximum Gasteiger partial charge on any atom is 0.147 e. The molecule has 10 aromatic carbocycles. The van der Waals surface area contributed by atoms with Crippen LogP contribution in [0.15, 0.2) is 179 Å². The summed E-state index contributed by atoms with van der Waals surface area (Å²) in [4.78, 5) is 4.73. The predicted molar refractivity (Wildman–Crippen MR) is 289 cm³/mol. The largest absolute Gasteiger partial charge is 0.455 e. The number of hydrogen-bond acceptors (Lipinski definition) is 4. The van der Waals surface area contributed by atoms with Gasteiger partial charge in [-0.3, -0.25) is 0 Å². The topological polar surface area (TPSA) is 32.8 Å². The average Bonchev–Trinajstić information content (AvgIpc) is 3.87. The maximum absolute atomic E-state index is 7.03. The van der Waals surface area contributed by atoms with E-state index in [0.717, 1.165) is 111 Å². The molecule has 2 aromatic heterocycles. The van der Waals surface area contributed by atoms with E-state index >= 15 is 0 Å². The molecule has 0 bridgehead atoms. The van der Waals surface area contributed by atoms with Gasteiger partial charge in [0, 0.05) is 55.7 Å². The number of anilines is 6. The summed E-state index contributed by atoms with van der Waals surface area (Å²) in [6, 6.07) is 62.4. The number of benzene rings is 10. The Balaban J connectivity index is 1.03. The van der Waals surface area contributed by atoms with Gasteiger partial charge in [-0.15, -0.1) is 0 Å². The normalized spacial score (nSPS) is 11.8. The van der Waals surface area contributed by atoms with Gasteiger partial charge in [-0.2, -0.15) is 0 Å². The molecule has 2 heterocycles. The SMILES string of the molecule is Cc1ccc(N(c2ccc(C)c(C)c2)c2ccc3cc4c(cc3c2)oc2c(-c3ccccc3)c3oc5cc6cc(N(c7ccc(C)c(C)c7)c7ccc(C)c(C)c7)ccc6cc5c3cc24)cc1C. The molecule has 0 saturated carbocycles. The third kappa shape index (κ3) is 6.82. The van der Waals surface area contributed by atoms with Crippen LogP contribution in [0.1, 0.15) is 44.5 Å². The Morgan fingerprint density at radius 3 is 1.00 bits per heavy atom. The lowest BCUT2D eigenvalue weighted by Gasteiger charge is -2.27. The Morgan fingerprint density at radius 2 is 0.632 bits per heavy atom. The third-order valence-electron chi connectivity index (χ3n) is 14.7. The first-order valence-corrected chi connectivity index (χ1v) is 23.6. The Morgan fingerprint density at radius 1 is 0.279 bits per heavy atom. The maximum atomic E-state index is 7.03. The zero-order valence-electron chi connectivity index (χ0n) is 39.9. The molecule has 0 spiro atoms. The lowest BCUT2D eigenvalue weighted by molar-refractivity contribution is 0.658. The zero-order chi connectivity index (χ0) is 46.5. The van der Waals surface area contributed by atoms with Gasteiger partial charge in [-0.05, 0) is 230 Å². The van der Waals surface area contributed by atoms with Crippen molar-refractivity contribution in [2.45, 2.75) is 55.4 Å². The smallest absolute Gasteiger partial charge is 0.147 e. The minimum absolute atomic E-state index is 0.824. The van der Waals surface area contributed by atoms with Crippen LogP contribution in [0, 0.1) is 55.4 Å². The van der Waals surface area contributed by atoms with Gasteiger partial charge in [-0.25, -0.2) is 0 Å². The lowest BCUT2D eigenvalue weighted by Crippen LogP contribution is -2.10. The molecule has 0 fully saturated rings. The standard InChI is InChI=1S/C64H52N2O2/c1-37-14-20-50(26-41(37)5)65(51-21-15-38(2)42(6)27-51)54-24-18-46-32-56-58-36-59-57-33-47-19-25-55(66(52-22-16-39(3)43(7)28-52)53-23-17-40(4)44(8)29-53)31-49(47)35-61(57)68-64(59)62(45-12-10-9-11-13-45)63(58)67-60(56)34-48(46)30-54/h9-36H,1-8H3. The van der Waals surface area contributed by atoms with Gasteiger partial charge < -0.3 is 18.6 Å². The van der Waals surface area contributed by atoms with Crippen molar-refractivity contribution >= 4 is 99.5 Å². The number of furan rings is 2. The monoisotopic (exact) mass is 880 g/mol. The quantitative estimate of drug-likeness (QED) is 0.160. The van der Waals surface area contributed by atoms with E-state index in [1.807, 2.05) is 0 Å². The molecular formula is C64H52N2O2.